The lowest BCUT2D eigenvalue weighted by atomic mass is 9.52. The number of anilines is 4. The number of hydrogen-bond acceptors (Lipinski definition) is 2. The van der Waals surface area contributed by atoms with E-state index in [9.17, 15) is 0 Å². The van der Waals surface area contributed by atoms with Gasteiger partial charge >= 0.3 is 0 Å². The van der Waals surface area contributed by atoms with Crippen molar-refractivity contribution < 1.29 is 0 Å². The van der Waals surface area contributed by atoms with E-state index in [1.165, 1.54) is 130 Å². The van der Waals surface area contributed by atoms with Gasteiger partial charge in [0.05, 0.1) is 11.1 Å². The SMILES string of the molecule is CC(C)(C)C12CCCCC1(C)c1cc(-c3ccc4c(c3)-c3cc(-c5ccc6c(c5)C5(C)CCCCC5(C(C)(C)C)N6c5ccccc5)ccc3C4)ccc1N2c1ccccc1. The Hall–Kier alpha value is -5.08. The van der Waals surface area contributed by atoms with Crippen molar-refractivity contribution in [1.82, 2.24) is 0 Å². The van der Waals surface area contributed by atoms with E-state index in [0.717, 1.165) is 6.42 Å². The molecule has 0 saturated heterocycles. The second-order valence-corrected chi connectivity index (χ2v) is 22.0. The van der Waals surface area contributed by atoms with Crippen LogP contribution in [0.5, 0.6) is 0 Å². The van der Waals surface area contributed by atoms with Crippen molar-refractivity contribution in [1.29, 1.82) is 0 Å². The predicted molar refractivity (Wildman–Crippen MR) is 259 cm³/mol. The van der Waals surface area contributed by atoms with Crippen LogP contribution in [0, 0.1) is 10.8 Å². The van der Waals surface area contributed by atoms with Crippen LogP contribution in [0.25, 0.3) is 33.4 Å². The van der Waals surface area contributed by atoms with Crippen molar-refractivity contribution in [3.8, 4) is 33.4 Å². The van der Waals surface area contributed by atoms with Crippen LogP contribution in [0.1, 0.15) is 129 Å². The van der Waals surface area contributed by atoms with Crippen molar-refractivity contribution in [2.24, 2.45) is 10.8 Å². The highest BCUT2D eigenvalue weighted by atomic mass is 15.3. The van der Waals surface area contributed by atoms with Crippen LogP contribution >= 0.6 is 0 Å². The Labute approximate surface area is 366 Å². The third-order valence-corrected chi connectivity index (χ3v) is 17.3. The highest BCUT2D eigenvalue weighted by Crippen LogP contribution is 2.68. The van der Waals surface area contributed by atoms with Gasteiger partial charge in [-0.05, 0) is 159 Å². The van der Waals surface area contributed by atoms with Gasteiger partial charge in [-0.3, -0.25) is 0 Å². The van der Waals surface area contributed by atoms with Crippen molar-refractivity contribution in [3.05, 3.63) is 156 Å². The molecule has 2 heteroatoms. The van der Waals surface area contributed by atoms with Gasteiger partial charge in [-0.1, -0.05) is 154 Å². The molecular weight excluding hydrogens is 737 g/mol. The molecule has 2 heterocycles. The lowest BCUT2D eigenvalue weighted by Crippen LogP contribution is -2.64. The summed E-state index contributed by atoms with van der Waals surface area (Å²) in [6.07, 6.45) is 11.0. The summed E-state index contributed by atoms with van der Waals surface area (Å²) in [6.45, 7) is 20.1. The Kier molecular flexibility index (Phi) is 8.41. The molecule has 61 heavy (non-hydrogen) atoms. The second-order valence-electron chi connectivity index (χ2n) is 22.0. The summed E-state index contributed by atoms with van der Waals surface area (Å²) >= 11 is 0. The van der Waals surface area contributed by atoms with E-state index in [2.05, 4.69) is 199 Å². The van der Waals surface area contributed by atoms with Crippen LogP contribution in [0.15, 0.2) is 133 Å². The lowest BCUT2D eigenvalue weighted by Gasteiger charge is -2.59. The van der Waals surface area contributed by atoms with Gasteiger partial charge in [0.2, 0.25) is 0 Å². The van der Waals surface area contributed by atoms with E-state index in [-0.39, 0.29) is 32.7 Å². The number of benzene rings is 6. The molecule has 2 fully saturated rings. The van der Waals surface area contributed by atoms with E-state index in [0.29, 0.717) is 0 Å². The molecule has 11 rings (SSSR count). The molecule has 6 aromatic carbocycles. The third-order valence-electron chi connectivity index (χ3n) is 17.3. The molecule has 2 nitrogen and oxygen atoms in total. The minimum Gasteiger partial charge on any atom is -0.334 e. The molecule has 2 saturated carbocycles. The Morgan fingerprint density at radius 2 is 0.770 bits per heavy atom. The number of fused-ring (bicyclic) bond motifs is 9. The molecule has 6 aromatic rings. The van der Waals surface area contributed by atoms with E-state index in [1.54, 1.807) is 0 Å². The molecule has 0 spiro atoms. The van der Waals surface area contributed by atoms with Gasteiger partial charge in [-0.15, -0.1) is 0 Å². The molecular formula is C59H64N2. The third kappa shape index (κ3) is 5.14. The molecule has 0 bridgehead atoms. The Morgan fingerprint density at radius 3 is 1.16 bits per heavy atom. The minimum atomic E-state index is -0.00608. The average Bonchev–Trinajstić information content (AvgIpc) is 3.83. The molecule has 4 atom stereocenters. The summed E-state index contributed by atoms with van der Waals surface area (Å²) in [4.78, 5) is 5.53. The average molecular weight is 801 g/mol. The largest absolute Gasteiger partial charge is 0.334 e. The first-order valence-corrected chi connectivity index (χ1v) is 23.5. The van der Waals surface area contributed by atoms with Gasteiger partial charge < -0.3 is 9.80 Å². The zero-order valence-electron chi connectivity index (χ0n) is 38.0. The van der Waals surface area contributed by atoms with E-state index in [4.69, 9.17) is 0 Å². The standard InChI is InChI=1S/C59H64N2/c1-54(2,3)58-33-17-15-31-56(58,7)50-38-42(27-29-52(50)60(58)46-19-11-9-12-20-46)40-23-25-44-35-45-26-24-41(37-49(45)48(44)36-40)43-28-30-53-51(39-43)57(8)32-16-18-34-59(57,55(4,5)6)61(53)47-21-13-10-14-22-47/h9-14,19-30,36-39H,15-18,31-35H2,1-8H3. The fraction of sp³-hybridized carbons (Fsp3) is 0.390. The van der Waals surface area contributed by atoms with Crippen molar-refractivity contribution in [3.63, 3.8) is 0 Å². The van der Waals surface area contributed by atoms with Gasteiger partial charge in [0.1, 0.15) is 0 Å². The van der Waals surface area contributed by atoms with Gasteiger partial charge in [-0.25, -0.2) is 0 Å². The summed E-state index contributed by atoms with van der Waals surface area (Å²) in [5.74, 6) is 0. The fourth-order valence-electron chi connectivity index (χ4n) is 14.7. The van der Waals surface area contributed by atoms with Gasteiger partial charge in [0.25, 0.3) is 0 Å². The van der Waals surface area contributed by atoms with Gasteiger partial charge in [0, 0.05) is 33.6 Å². The van der Waals surface area contributed by atoms with Crippen molar-refractivity contribution in [2.75, 3.05) is 9.80 Å². The molecule has 4 unspecified atom stereocenters. The summed E-state index contributed by atoms with van der Waals surface area (Å²) in [7, 11) is 0. The van der Waals surface area contributed by atoms with E-state index < -0.39 is 0 Å². The monoisotopic (exact) mass is 801 g/mol. The highest BCUT2D eigenvalue weighted by Gasteiger charge is 2.66. The number of nitrogens with zero attached hydrogens (tertiary/aromatic N) is 2. The van der Waals surface area contributed by atoms with Crippen LogP contribution in [0.3, 0.4) is 0 Å². The van der Waals surface area contributed by atoms with Crippen LogP contribution in [0.2, 0.25) is 0 Å². The molecule has 2 aliphatic heterocycles. The minimum absolute atomic E-state index is 0.00608. The Morgan fingerprint density at radius 1 is 0.410 bits per heavy atom. The number of hydrogen-bond donors (Lipinski definition) is 0. The maximum Gasteiger partial charge on any atom is 0.0594 e. The second kappa shape index (κ2) is 13.2. The molecule has 0 amide bonds. The van der Waals surface area contributed by atoms with Gasteiger partial charge in [0.15, 0.2) is 0 Å². The van der Waals surface area contributed by atoms with E-state index >= 15 is 0 Å². The highest BCUT2D eigenvalue weighted by molar-refractivity contribution is 5.88. The van der Waals surface area contributed by atoms with Crippen LogP contribution < -0.4 is 9.80 Å². The Balaban J connectivity index is 0.995. The van der Waals surface area contributed by atoms with Crippen molar-refractivity contribution in [2.45, 2.75) is 135 Å². The Bertz CT molecular complexity index is 2510. The normalized spacial score (nSPS) is 26.3. The summed E-state index contributed by atoms with van der Waals surface area (Å²) in [5.41, 5.74) is 19.7. The van der Waals surface area contributed by atoms with Crippen molar-refractivity contribution >= 4 is 22.7 Å². The molecule has 0 aromatic heterocycles. The maximum absolute atomic E-state index is 2.77. The fourth-order valence-corrected chi connectivity index (χ4v) is 14.7. The first kappa shape index (κ1) is 38.8. The molecule has 310 valence electrons. The molecule has 3 aliphatic carbocycles. The first-order valence-electron chi connectivity index (χ1n) is 23.5. The molecule has 0 N–H and O–H groups in total. The first-order chi connectivity index (χ1) is 29.2. The number of para-hydroxylation sites is 2. The summed E-state index contributed by atoms with van der Waals surface area (Å²) in [5, 5.41) is 0. The smallest absolute Gasteiger partial charge is 0.0594 e. The van der Waals surface area contributed by atoms with Crippen LogP contribution in [0.4, 0.5) is 22.7 Å². The molecule has 5 aliphatic rings. The number of rotatable bonds is 4. The van der Waals surface area contributed by atoms with Crippen LogP contribution in [-0.4, -0.2) is 11.1 Å². The maximum atomic E-state index is 2.77. The quantitative estimate of drug-likeness (QED) is 0.175. The van der Waals surface area contributed by atoms with Crippen LogP contribution in [-0.2, 0) is 17.3 Å². The summed E-state index contributed by atoms with van der Waals surface area (Å²) < 4.78 is 0. The van der Waals surface area contributed by atoms with E-state index in [1.807, 2.05) is 0 Å². The zero-order valence-corrected chi connectivity index (χ0v) is 38.0. The summed E-state index contributed by atoms with van der Waals surface area (Å²) in [6, 6.07) is 52.0. The zero-order chi connectivity index (χ0) is 42.2. The lowest BCUT2D eigenvalue weighted by molar-refractivity contribution is 0.0607. The van der Waals surface area contributed by atoms with Gasteiger partial charge in [-0.2, -0.15) is 0 Å². The predicted octanol–water partition coefficient (Wildman–Crippen LogP) is 16.1. The molecule has 0 radical (unpaired) electrons. The topological polar surface area (TPSA) is 6.48 Å².